The summed E-state index contributed by atoms with van der Waals surface area (Å²) >= 11 is 0. The number of carbonyl (C=O) groups is 8. The van der Waals surface area contributed by atoms with Crippen molar-refractivity contribution in [1.82, 2.24) is 46.6 Å². The molecule has 1 unspecified atom stereocenters. The summed E-state index contributed by atoms with van der Waals surface area (Å²) in [6.45, 7) is 13.7. The monoisotopic (exact) mass is 1010 g/mol. The molecule has 11 atom stereocenters. The average molecular weight is 1010 g/mol. The molecule has 19 nitrogen and oxygen atoms in total. The summed E-state index contributed by atoms with van der Waals surface area (Å²) in [5, 5.41) is 16.3. The van der Waals surface area contributed by atoms with Gasteiger partial charge in [-0.05, 0) is 112 Å². The van der Waals surface area contributed by atoms with Crippen LogP contribution in [0.25, 0.3) is 0 Å². The number of fused-ring (bicyclic) bond motifs is 2. The maximum Gasteiger partial charge on any atom is 0.309 e. The average Bonchev–Trinajstić information content (AvgIpc) is 4.13. The van der Waals surface area contributed by atoms with Crippen LogP contribution in [0.2, 0.25) is 0 Å². The fourth-order valence-electron chi connectivity index (χ4n) is 10.3. The van der Waals surface area contributed by atoms with Crippen molar-refractivity contribution >= 4 is 47.1 Å². The highest BCUT2D eigenvalue weighted by atomic mass is 19.1. The third-order valence-electron chi connectivity index (χ3n) is 14.4. The number of rotatable bonds is 17. The lowest BCUT2D eigenvalue weighted by atomic mass is 9.85. The molecule has 2 aromatic carbocycles. The molecule has 72 heavy (non-hydrogen) atoms. The standard InChI is InChI=1S/C51H71F2N9O10/c1-27(54-9)44(65)58-42(50(3,4)5)48(69)60-21-19-33-34(23-37(40(33)60)71-31-15-11-29(52)12-16-31)36(63)24-56-46(67)47(68)57-25-39(64)62-26-38(72-32-17-13-30(53)14-18-32)41-35(62)20-22-61(41)49(70)43(51(6,7)8)59-45(66)28(2)55-10/h11-18,27-28,33-35,37-38,40-43,54-55H,19-26H2,1-10H3,(H,56,67)(H,57,68)(H,58,65)(H,59,66)/t27-,28-,33-,34?,35+,37-,38-,40-,41-,42+,43+/m0/s1. The Bertz CT molecular complexity index is 2180. The van der Waals surface area contributed by atoms with Crippen LogP contribution in [0.5, 0.6) is 11.5 Å². The summed E-state index contributed by atoms with van der Waals surface area (Å²) in [4.78, 5) is 114. The molecule has 2 aromatic rings. The lowest BCUT2D eigenvalue weighted by Crippen LogP contribution is -2.59. The summed E-state index contributed by atoms with van der Waals surface area (Å²) < 4.78 is 40.4. The van der Waals surface area contributed by atoms with Crippen molar-refractivity contribution in [2.45, 2.75) is 129 Å². The summed E-state index contributed by atoms with van der Waals surface area (Å²) in [5.41, 5.74) is -1.41. The number of hydrogen-bond donors (Lipinski definition) is 6. The largest absolute Gasteiger partial charge is 0.488 e. The molecule has 6 rings (SSSR count). The lowest BCUT2D eigenvalue weighted by molar-refractivity contribution is -0.142. The van der Waals surface area contributed by atoms with E-state index in [0.29, 0.717) is 24.3 Å². The van der Waals surface area contributed by atoms with Gasteiger partial charge in [0.15, 0.2) is 5.78 Å². The molecule has 21 heteroatoms. The van der Waals surface area contributed by atoms with Gasteiger partial charge in [-0.15, -0.1) is 0 Å². The molecule has 0 spiro atoms. The molecule has 0 aromatic heterocycles. The number of nitrogens with zero attached hydrogens (tertiary/aromatic N) is 3. The maximum absolute atomic E-state index is 14.4. The minimum absolute atomic E-state index is 0.0191. The lowest BCUT2D eigenvalue weighted by Gasteiger charge is -2.37. The van der Waals surface area contributed by atoms with E-state index in [0.717, 1.165) is 0 Å². The Kier molecular flexibility index (Phi) is 17.4. The number of amides is 7. The van der Waals surface area contributed by atoms with Crippen molar-refractivity contribution in [3.05, 3.63) is 60.2 Å². The second-order valence-corrected chi connectivity index (χ2v) is 21.4. The van der Waals surface area contributed by atoms with Gasteiger partial charge in [-0.3, -0.25) is 38.4 Å². The fourth-order valence-corrected chi connectivity index (χ4v) is 10.3. The van der Waals surface area contributed by atoms with Crippen molar-refractivity contribution in [1.29, 1.82) is 0 Å². The van der Waals surface area contributed by atoms with Gasteiger partial charge in [-0.2, -0.15) is 0 Å². The Morgan fingerprint density at radius 1 is 0.625 bits per heavy atom. The van der Waals surface area contributed by atoms with E-state index in [2.05, 4.69) is 31.9 Å². The molecule has 6 N–H and O–H groups in total. The number of Topliss-reactive ketones (excluding diaryl/α,β-unsaturated/α-hetero) is 1. The van der Waals surface area contributed by atoms with Crippen LogP contribution in [0.3, 0.4) is 0 Å². The zero-order valence-corrected chi connectivity index (χ0v) is 42.8. The number of ketones is 1. The third kappa shape index (κ3) is 12.5. The number of hydrogen-bond acceptors (Lipinski definition) is 12. The molecule has 7 amide bonds. The van der Waals surface area contributed by atoms with E-state index in [1.54, 1.807) is 37.7 Å². The summed E-state index contributed by atoms with van der Waals surface area (Å²) in [7, 11) is 3.27. The van der Waals surface area contributed by atoms with Crippen molar-refractivity contribution in [2.24, 2.45) is 22.7 Å². The van der Waals surface area contributed by atoms with Gasteiger partial charge in [0, 0.05) is 19.0 Å². The predicted molar refractivity (Wildman–Crippen MR) is 260 cm³/mol. The number of nitrogens with one attached hydrogen (secondary N) is 6. The maximum atomic E-state index is 14.4. The normalized spacial score (nSPS) is 24.3. The minimum atomic E-state index is -1.17. The van der Waals surface area contributed by atoms with Crippen LogP contribution in [0.4, 0.5) is 8.78 Å². The fraction of sp³-hybridized carbons (Fsp3) is 0.608. The van der Waals surface area contributed by atoms with Crippen LogP contribution in [0.1, 0.15) is 74.7 Å². The molecular formula is C51H71F2N9O10. The zero-order valence-electron chi connectivity index (χ0n) is 42.8. The Labute approximate surface area is 419 Å². The van der Waals surface area contributed by atoms with Gasteiger partial charge in [0.1, 0.15) is 47.4 Å². The van der Waals surface area contributed by atoms with E-state index < -0.39 is 125 Å². The van der Waals surface area contributed by atoms with Crippen LogP contribution < -0.4 is 41.4 Å². The van der Waals surface area contributed by atoms with Gasteiger partial charge in [-0.1, -0.05) is 41.5 Å². The van der Waals surface area contributed by atoms with Crippen molar-refractivity contribution in [2.75, 3.05) is 46.8 Å². The van der Waals surface area contributed by atoms with Crippen LogP contribution in [0, 0.1) is 34.3 Å². The molecule has 394 valence electrons. The van der Waals surface area contributed by atoms with Gasteiger partial charge in [0.05, 0.1) is 49.8 Å². The quantitative estimate of drug-likeness (QED) is 0.123. The van der Waals surface area contributed by atoms with Gasteiger partial charge in [0.2, 0.25) is 29.5 Å². The highest BCUT2D eigenvalue weighted by molar-refractivity contribution is 6.35. The molecule has 3 heterocycles. The molecule has 1 saturated carbocycles. The SMILES string of the molecule is CN[C@@H](C)C(=O)N[C@H](C(=O)N1CC[C@@H]2[C@H]1[C@@H](Oc1ccc(F)cc1)CN2C(=O)CNC(=O)C(=O)NCC(=O)C1C[C@H](Oc2ccc(F)cc2)[C@@H]2[C@H]1CCN2C(=O)[C@@H](NC(=O)[C@H](C)NC)C(C)(C)C)C(C)(C)C. The highest BCUT2D eigenvalue weighted by Crippen LogP contribution is 2.45. The van der Waals surface area contributed by atoms with Crippen LogP contribution in [-0.4, -0.2) is 163 Å². The first kappa shape index (κ1) is 55.1. The van der Waals surface area contributed by atoms with Gasteiger partial charge in [0.25, 0.3) is 0 Å². The van der Waals surface area contributed by atoms with E-state index in [-0.39, 0.29) is 49.7 Å². The number of carbonyl (C=O) groups excluding carboxylic acids is 8. The first-order chi connectivity index (χ1) is 33.8. The number of likely N-dealkylation sites (tertiary alicyclic amines) is 3. The summed E-state index contributed by atoms with van der Waals surface area (Å²) in [6.07, 6.45) is -0.615. The first-order valence-corrected chi connectivity index (χ1v) is 24.6. The molecule has 0 bridgehead atoms. The second kappa shape index (κ2) is 22.7. The van der Waals surface area contributed by atoms with E-state index in [4.69, 9.17) is 9.47 Å². The highest BCUT2D eigenvalue weighted by Gasteiger charge is 2.57. The molecule has 4 aliphatic rings. The Morgan fingerprint density at radius 2 is 1.07 bits per heavy atom. The van der Waals surface area contributed by atoms with Crippen LogP contribution in [-0.2, 0) is 38.4 Å². The van der Waals surface area contributed by atoms with Crippen LogP contribution in [0.15, 0.2) is 48.5 Å². The molecule has 4 fully saturated rings. The number of halogens is 2. The van der Waals surface area contributed by atoms with Gasteiger partial charge < -0.3 is 56.1 Å². The van der Waals surface area contributed by atoms with Crippen molar-refractivity contribution < 1.29 is 56.6 Å². The van der Waals surface area contributed by atoms with Crippen molar-refractivity contribution in [3.8, 4) is 11.5 Å². The molecule has 3 saturated heterocycles. The smallest absolute Gasteiger partial charge is 0.309 e. The van der Waals surface area contributed by atoms with E-state index in [1.807, 2.05) is 41.5 Å². The molecule has 0 radical (unpaired) electrons. The molecule has 3 aliphatic heterocycles. The number of ether oxygens (including phenoxy) is 2. The Balaban J connectivity index is 1.11. The zero-order chi connectivity index (χ0) is 53.0. The second-order valence-electron chi connectivity index (χ2n) is 21.4. The van der Waals surface area contributed by atoms with Gasteiger partial charge in [-0.25, -0.2) is 8.78 Å². The molecule has 1 aliphatic carbocycles. The molecular weight excluding hydrogens is 937 g/mol. The third-order valence-corrected chi connectivity index (χ3v) is 14.4. The summed E-state index contributed by atoms with van der Waals surface area (Å²) in [5.74, 6) is -6.23. The van der Waals surface area contributed by atoms with E-state index >= 15 is 0 Å². The number of benzene rings is 2. The van der Waals surface area contributed by atoms with Gasteiger partial charge >= 0.3 is 11.8 Å². The Hall–Kier alpha value is -6.22. The number of likely N-dealkylation sites (N-methyl/N-ethyl adjacent to an activating group) is 2. The van der Waals surface area contributed by atoms with E-state index in [1.165, 1.54) is 53.4 Å². The topological polar surface area (TPSA) is 237 Å². The first-order valence-electron chi connectivity index (χ1n) is 24.6. The van der Waals surface area contributed by atoms with Crippen LogP contribution >= 0.6 is 0 Å². The van der Waals surface area contributed by atoms with E-state index in [9.17, 15) is 47.1 Å². The predicted octanol–water partition coefficient (Wildman–Crippen LogP) is 1.29. The summed E-state index contributed by atoms with van der Waals surface area (Å²) in [6, 6.07) is 5.79. The van der Waals surface area contributed by atoms with Crippen molar-refractivity contribution in [3.63, 3.8) is 0 Å². The minimum Gasteiger partial charge on any atom is -0.488 e. The Morgan fingerprint density at radius 3 is 1.54 bits per heavy atom.